The van der Waals surface area contributed by atoms with E-state index in [4.69, 9.17) is 0 Å². The molecular formula is C21H18F3N3O. The van der Waals surface area contributed by atoms with Gasteiger partial charge in [0.15, 0.2) is 0 Å². The number of nitrogens with zero attached hydrogens (tertiary/aromatic N) is 2. The fraction of sp³-hybridized carbons (Fsp3) is 0.190. The summed E-state index contributed by atoms with van der Waals surface area (Å²) in [4.78, 5) is 20.5. The van der Waals surface area contributed by atoms with Crippen molar-refractivity contribution in [3.05, 3.63) is 76.7 Å². The summed E-state index contributed by atoms with van der Waals surface area (Å²) in [5.74, 6) is -0.522. The monoisotopic (exact) mass is 385 g/mol. The Morgan fingerprint density at radius 1 is 1.00 bits per heavy atom. The van der Waals surface area contributed by atoms with Crippen molar-refractivity contribution < 1.29 is 18.0 Å². The summed E-state index contributed by atoms with van der Waals surface area (Å²) >= 11 is 0. The van der Waals surface area contributed by atoms with Crippen molar-refractivity contribution in [3.63, 3.8) is 0 Å². The van der Waals surface area contributed by atoms with Crippen LogP contribution in [0.5, 0.6) is 0 Å². The minimum Gasteiger partial charge on any atom is -0.322 e. The zero-order chi connectivity index (χ0) is 20.5. The van der Waals surface area contributed by atoms with E-state index in [0.717, 1.165) is 34.5 Å². The molecule has 0 spiro atoms. The van der Waals surface area contributed by atoms with Gasteiger partial charge in [0.2, 0.25) is 0 Å². The van der Waals surface area contributed by atoms with Crippen LogP contribution in [0, 0.1) is 20.8 Å². The predicted molar refractivity (Wildman–Crippen MR) is 101 cm³/mol. The molecule has 0 aliphatic heterocycles. The third-order valence-corrected chi connectivity index (χ3v) is 4.38. The molecule has 0 fully saturated rings. The van der Waals surface area contributed by atoms with E-state index >= 15 is 0 Å². The standard InChI is InChI=1S/C21H18F3N3O/c1-12-6-7-15(11-17(12)19-13(2)5-4-10-25-19)27-20(28)16-8-9-18(21(22,23)24)26-14(16)3/h4-11H,1-3H3,(H,27,28). The highest BCUT2D eigenvalue weighted by molar-refractivity contribution is 6.05. The lowest BCUT2D eigenvalue weighted by Crippen LogP contribution is -2.16. The number of carbonyl (C=O) groups excluding carboxylic acids is 1. The van der Waals surface area contributed by atoms with Crippen LogP contribution in [-0.4, -0.2) is 15.9 Å². The molecule has 0 unspecified atom stereocenters. The second kappa shape index (κ2) is 7.42. The normalized spacial score (nSPS) is 11.4. The van der Waals surface area contributed by atoms with Crippen LogP contribution >= 0.6 is 0 Å². The van der Waals surface area contributed by atoms with Gasteiger partial charge in [0, 0.05) is 17.4 Å². The summed E-state index contributed by atoms with van der Waals surface area (Å²) in [7, 11) is 0. The first kappa shape index (κ1) is 19.5. The molecule has 2 heterocycles. The number of hydrogen-bond donors (Lipinski definition) is 1. The van der Waals surface area contributed by atoms with Crippen LogP contribution in [0.15, 0.2) is 48.7 Å². The molecule has 3 rings (SSSR count). The molecule has 0 saturated carbocycles. The summed E-state index contributed by atoms with van der Waals surface area (Å²) in [6.07, 6.45) is -2.85. The molecule has 7 heteroatoms. The molecule has 1 aromatic carbocycles. The zero-order valence-corrected chi connectivity index (χ0v) is 15.6. The Morgan fingerprint density at radius 2 is 1.75 bits per heavy atom. The number of anilines is 1. The molecule has 1 amide bonds. The quantitative estimate of drug-likeness (QED) is 0.662. The topological polar surface area (TPSA) is 54.9 Å². The Labute approximate surface area is 160 Å². The summed E-state index contributed by atoms with van der Waals surface area (Å²) < 4.78 is 38.3. The molecular weight excluding hydrogens is 367 g/mol. The number of benzene rings is 1. The predicted octanol–water partition coefficient (Wildman–Crippen LogP) is 5.34. The number of carbonyl (C=O) groups is 1. The van der Waals surface area contributed by atoms with Crippen LogP contribution < -0.4 is 5.32 Å². The SMILES string of the molecule is Cc1ccc(NC(=O)c2ccc(C(F)(F)F)nc2C)cc1-c1ncccc1C. The van der Waals surface area contributed by atoms with Crippen LogP contribution in [0.4, 0.5) is 18.9 Å². The Kier molecular flexibility index (Phi) is 5.18. The third-order valence-electron chi connectivity index (χ3n) is 4.38. The van der Waals surface area contributed by atoms with Crippen molar-refractivity contribution in [1.82, 2.24) is 9.97 Å². The van der Waals surface area contributed by atoms with E-state index in [1.165, 1.54) is 6.92 Å². The summed E-state index contributed by atoms with van der Waals surface area (Å²) in [6, 6.07) is 11.1. The Morgan fingerprint density at radius 3 is 2.39 bits per heavy atom. The van der Waals surface area contributed by atoms with E-state index in [0.29, 0.717) is 5.69 Å². The fourth-order valence-electron chi connectivity index (χ4n) is 2.88. The van der Waals surface area contributed by atoms with E-state index in [9.17, 15) is 18.0 Å². The van der Waals surface area contributed by atoms with Crippen LogP contribution in [0.2, 0.25) is 0 Å². The summed E-state index contributed by atoms with van der Waals surface area (Å²) in [6.45, 7) is 5.27. The smallest absolute Gasteiger partial charge is 0.322 e. The molecule has 0 aliphatic carbocycles. The lowest BCUT2D eigenvalue weighted by molar-refractivity contribution is -0.141. The minimum absolute atomic E-state index is 0.0141. The van der Waals surface area contributed by atoms with Gasteiger partial charge in [-0.15, -0.1) is 0 Å². The van der Waals surface area contributed by atoms with Gasteiger partial charge in [0.25, 0.3) is 5.91 Å². The molecule has 144 valence electrons. The van der Waals surface area contributed by atoms with Gasteiger partial charge in [-0.3, -0.25) is 9.78 Å². The van der Waals surface area contributed by atoms with Crippen molar-refractivity contribution >= 4 is 11.6 Å². The second-order valence-electron chi connectivity index (χ2n) is 6.48. The van der Waals surface area contributed by atoms with Crippen LogP contribution in [-0.2, 0) is 6.18 Å². The third kappa shape index (κ3) is 4.03. The Balaban J connectivity index is 1.90. The van der Waals surface area contributed by atoms with E-state index in [1.54, 1.807) is 18.3 Å². The van der Waals surface area contributed by atoms with Crippen molar-refractivity contribution in [2.45, 2.75) is 26.9 Å². The molecule has 28 heavy (non-hydrogen) atoms. The number of aromatic nitrogens is 2. The van der Waals surface area contributed by atoms with E-state index in [2.05, 4.69) is 15.3 Å². The van der Waals surface area contributed by atoms with E-state index in [-0.39, 0.29) is 11.3 Å². The number of rotatable bonds is 3. The average Bonchev–Trinajstić information content (AvgIpc) is 2.63. The van der Waals surface area contributed by atoms with Gasteiger partial charge >= 0.3 is 6.18 Å². The molecule has 0 radical (unpaired) electrons. The fourth-order valence-corrected chi connectivity index (χ4v) is 2.88. The van der Waals surface area contributed by atoms with Crippen LogP contribution in [0.1, 0.15) is 32.9 Å². The first-order valence-corrected chi connectivity index (χ1v) is 8.55. The van der Waals surface area contributed by atoms with Gasteiger partial charge in [-0.05, 0) is 62.2 Å². The number of aryl methyl sites for hydroxylation is 3. The summed E-state index contributed by atoms with van der Waals surface area (Å²) in [5.41, 5.74) is 3.27. The molecule has 0 bridgehead atoms. The van der Waals surface area contributed by atoms with Gasteiger partial charge < -0.3 is 5.32 Å². The average molecular weight is 385 g/mol. The van der Waals surface area contributed by atoms with Gasteiger partial charge in [-0.1, -0.05) is 12.1 Å². The van der Waals surface area contributed by atoms with E-state index in [1.807, 2.05) is 32.0 Å². The lowest BCUT2D eigenvalue weighted by atomic mass is 10.0. The highest BCUT2D eigenvalue weighted by Gasteiger charge is 2.33. The van der Waals surface area contributed by atoms with Gasteiger partial charge in [-0.25, -0.2) is 4.98 Å². The van der Waals surface area contributed by atoms with Gasteiger partial charge in [-0.2, -0.15) is 13.2 Å². The molecule has 1 N–H and O–H groups in total. The number of halogens is 3. The Hall–Kier alpha value is -3.22. The maximum absolute atomic E-state index is 12.8. The lowest BCUT2D eigenvalue weighted by Gasteiger charge is -2.13. The first-order chi connectivity index (χ1) is 13.2. The van der Waals surface area contributed by atoms with Crippen molar-refractivity contribution in [2.24, 2.45) is 0 Å². The number of alkyl halides is 3. The van der Waals surface area contributed by atoms with Gasteiger partial charge in [0.1, 0.15) is 5.69 Å². The molecule has 3 aromatic rings. The molecule has 0 atom stereocenters. The molecule has 0 saturated heterocycles. The summed E-state index contributed by atoms with van der Waals surface area (Å²) in [5, 5.41) is 2.73. The first-order valence-electron chi connectivity index (χ1n) is 8.55. The zero-order valence-electron chi connectivity index (χ0n) is 15.6. The molecule has 0 aliphatic rings. The van der Waals surface area contributed by atoms with Crippen LogP contribution in [0.3, 0.4) is 0 Å². The Bertz CT molecular complexity index is 1050. The van der Waals surface area contributed by atoms with Crippen molar-refractivity contribution in [2.75, 3.05) is 5.32 Å². The van der Waals surface area contributed by atoms with E-state index < -0.39 is 17.8 Å². The van der Waals surface area contributed by atoms with Gasteiger partial charge in [0.05, 0.1) is 17.0 Å². The minimum atomic E-state index is -4.55. The highest BCUT2D eigenvalue weighted by Crippen LogP contribution is 2.29. The number of hydrogen-bond acceptors (Lipinski definition) is 3. The second-order valence-corrected chi connectivity index (χ2v) is 6.48. The van der Waals surface area contributed by atoms with Crippen molar-refractivity contribution in [1.29, 1.82) is 0 Å². The number of amides is 1. The molecule has 2 aromatic heterocycles. The maximum Gasteiger partial charge on any atom is 0.433 e. The van der Waals surface area contributed by atoms with Crippen LogP contribution in [0.25, 0.3) is 11.3 Å². The van der Waals surface area contributed by atoms with Crippen molar-refractivity contribution in [3.8, 4) is 11.3 Å². The number of pyridine rings is 2. The molecule has 4 nitrogen and oxygen atoms in total. The largest absolute Gasteiger partial charge is 0.433 e. The highest BCUT2D eigenvalue weighted by atomic mass is 19.4. The maximum atomic E-state index is 12.8. The number of nitrogens with one attached hydrogen (secondary N) is 1.